The molecule has 0 bridgehead atoms. The number of methoxy groups -OCH3 is 2. The summed E-state index contributed by atoms with van der Waals surface area (Å²) in [4.78, 5) is 0. The molecule has 0 radical (unpaired) electrons. The van der Waals surface area contributed by atoms with E-state index in [4.69, 9.17) is 15.2 Å². The molecule has 2 N–H and O–H groups in total. The molecule has 0 aliphatic heterocycles. The molecule has 0 atom stereocenters. The number of hydrogen-bond acceptors (Lipinski definition) is 4. The first-order chi connectivity index (χ1) is 8.99. The lowest BCUT2D eigenvalue weighted by Crippen LogP contribution is -1.97. The molecule has 0 amide bonds. The van der Waals surface area contributed by atoms with Gasteiger partial charge in [0.25, 0.3) is 0 Å². The molecular weight excluding hydrogens is 242 g/mol. The quantitative estimate of drug-likeness (QED) is 0.921. The molecule has 0 unspecified atom stereocenters. The summed E-state index contributed by atoms with van der Waals surface area (Å²) in [6.07, 6.45) is 0. The van der Waals surface area contributed by atoms with E-state index >= 15 is 0 Å². The standard InChI is InChI=1S/C14H19N3O2/c1-8-6-11(18-4)12(19-5)7-10(8)13-9(2)14(15)17(3)16-13/h6-7H,15H2,1-5H3. The van der Waals surface area contributed by atoms with Crippen molar-refractivity contribution >= 4 is 5.82 Å². The Morgan fingerprint density at radius 1 is 1.11 bits per heavy atom. The molecule has 102 valence electrons. The molecular formula is C14H19N3O2. The summed E-state index contributed by atoms with van der Waals surface area (Å²) >= 11 is 0. The molecule has 19 heavy (non-hydrogen) atoms. The van der Waals surface area contributed by atoms with E-state index in [0.29, 0.717) is 17.3 Å². The van der Waals surface area contributed by atoms with Crippen LogP contribution in [0.15, 0.2) is 12.1 Å². The van der Waals surface area contributed by atoms with Crippen LogP contribution in [0.2, 0.25) is 0 Å². The third-order valence-electron chi connectivity index (χ3n) is 3.32. The largest absolute Gasteiger partial charge is 0.493 e. The zero-order chi connectivity index (χ0) is 14.2. The summed E-state index contributed by atoms with van der Waals surface area (Å²) < 4.78 is 12.3. The summed E-state index contributed by atoms with van der Waals surface area (Å²) in [5.41, 5.74) is 9.88. The topological polar surface area (TPSA) is 62.3 Å². The van der Waals surface area contributed by atoms with Gasteiger partial charge in [-0.05, 0) is 31.5 Å². The van der Waals surface area contributed by atoms with Crippen molar-refractivity contribution in [1.29, 1.82) is 0 Å². The minimum Gasteiger partial charge on any atom is -0.493 e. The maximum Gasteiger partial charge on any atom is 0.161 e. The average molecular weight is 261 g/mol. The van der Waals surface area contributed by atoms with Crippen LogP contribution in [0.5, 0.6) is 11.5 Å². The average Bonchev–Trinajstić information content (AvgIpc) is 2.66. The van der Waals surface area contributed by atoms with Gasteiger partial charge in [-0.3, -0.25) is 4.68 Å². The van der Waals surface area contributed by atoms with Crippen LogP contribution in [0.4, 0.5) is 5.82 Å². The Bertz CT molecular complexity index is 618. The van der Waals surface area contributed by atoms with E-state index in [9.17, 15) is 0 Å². The summed E-state index contributed by atoms with van der Waals surface area (Å²) in [6.45, 7) is 3.98. The molecule has 0 aliphatic rings. The van der Waals surface area contributed by atoms with Crippen LogP contribution in [0.1, 0.15) is 11.1 Å². The van der Waals surface area contributed by atoms with Crippen LogP contribution in [0.3, 0.4) is 0 Å². The number of aryl methyl sites for hydroxylation is 2. The maximum atomic E-state index is 5.96. The SMILES string of the molecule is COc1cc(C)c(-c2nn(C)c(N)c2C)cc1OC. The molecule has 1 aromatic carbocycles. The Morgan fingerprint density at radius 2 is 1.68 bits per heavy atom. The van der Waals surface area contributed by atoms with Gasteiger partial charge in [-0.25, -0.2) is 0 Å². The second-order valence-corrected chi connectivity index (χ2v) is 4.50. The predicted octanol–water partition coefficient (Wildman–Crippen LogP) is 2.30. The monoisotopic (exact) mass is 261 g/mol. The first kappa shape index (κ1) is 13.3. The predicted molar refractivity (Wildman–Crippen MR) is 75.6 cm³/mol. The van der Waals surface area contributed by atoms with Gasteiger partial charge in [0.2, 0.25) is 0 Å². The lowest BCUT2D eigenvalue weighted by molar-refractivity contribution is 0.355. The molecule has 1 aromatic heterocycles. The fourth-order valence-corrected chi connectivity index (χ4v) is 2.13. The minimum absolute atomic E-state index is 0.671. The van der Waals surface area contributed by atoms with Crippen LogP contribution in [0.25, 0.3) is 11.3 Å². The van der Waals surface area contributed by atoms with Crippen LogP contribution >= 0.6 is 0 Å². The van der Waals surface area contributed by atoms with Gasteiger partial charge in [0.1, 0.15) is 5.82 Å². The highest BCUT2D eigenvalue weighted by atomic mass is 16.5. The fraction of sp³-hybridized carbons (Fsp3) is 0.357. The number of nitrogens with two attached hydrogens (primary N) is 1. The highest BCUT2D eigenvalue weighted by Gasteiger charge is 2.16. The van der Waals surface area contributed by atoms with Crippen molar-refractivity contribution in [3.8, 4) is 22.8 Å². The van der Waals surface area contributed by atoms with Crippen molar-refractivity contribution in [2.45, 2.75) is 13.8 Å². The van der Waals surface area contributed by atoms with Gasteiger partial charge in [0.15, 0.2) is 11.5 Å². The van der Waals surface area contributed by atoms with E-state index in [2.05, 4.69) is 5.10 Å². The van der Waals surface area contributed by atoms with E-state index < -0.39 is 0 Å². The van der Waals surface area contributed by atoms with Gasteiger partial charge < -0.3 is 15.2 Å². The van der Waals surface area contributed by atoms with Crippen molar-refractivity contribution in [3.05, 3.63) is 23.3 Å². The minimum atomic E-state index is 0.671. The van der Waals surface area contributed by atoms with Gasteiger partial charge in [-0.2, -0.15) is 5.10 Å². The van der Waals surface area contributed by atoms with Crippen molar-refractivity contribution in [1.82, 2.24) is 9.78 Å². The van der Waals surface area contributed by atoms with Gasteiger partial charge >= 0.3 is 0 Å². The molecule has 5 nitrogen and oxygen atoms in total. The third-order valence-corrected chi connectivity index (χ3v) is 3.32. The Morgan fingerprint density at radius 3 is 2.16 bits per heavy atom. The maximum absolute atomic E-state index is 5.96. The van der Waals surface area contributed by atoms with Crippen LogP contribution in [-0.4, -0.2) is 24.0 Å². The Balaban J connectivity index is 2.65. The first-order valence-corrected chi connectivity index (χ1v) is 6.01. The van der Waals surface area contributed by atoms with E-state index in [1.165, 1.54) is 0 Å². The van der Waals surface area contributed by atoms with Crippen LogP contribution in [0, 0.1) is 13.8 Å². The zero-order valence-corrected chi connectivity index (χ0v) is 11.9. The van der Waals surface area contributed by atoms with E-state index in [1.54, 1.807) is 18.9 Å². The molecule has 2 rings (SSSR count). The molecule has 0 fully saturated rings. The lowest BCUT2D eigenvalue weighted by Gasteiger charge is -2.12. The first-order valence-electron chi connectivity index (χ1n) is 6.01. The molecule has 1 heterocycles. The Labute approximate surface area is 112 Å². The Hall–Kier alpha value is -2.17. The zero-order valence-electron chi connectivity index (χ0n) is 11.9. The fourth-order valence-electron chi connectivity index (χ4n) is 2.13. The highest BCUT2D eigenvalue weighted by Crippen LogP contribution is 2.36. The van der Waals surface area contributed by atoms with Crippen molar-refractivity contribution in [2.75, 3.05) is 20.0 Å². The molecule has 0 saturated heterocycles. The summed E-state index contributed by atoms with van der Waals surface area (Å²) in [5.74, 6) is 2.07. The van der Waals surface area contributed by atoms with Crippen LogP contribution < -0.4 is 15.2 Å². The van der Waals surface area contributed by atoms with Crippen molar-refractivity contribution in [3.63, 3.8) is 0 Å². The van der Waals surface area contributed by atoms with Crippen molar-refractivity contribution in [2.24, 2.45) is 7.05 Å². The number of hydrogen-bond donors (Lipinski definition) is 1. The second-order valence-electron chi connectivity index (χ2n) is 4.50. The molecule has 5 heteroatoms. The molecule has 2 aromatic rings. The summed E-state index contributed by atoms with van der Waals surface area (Å²) in [6, 6.07) is 3.88. The van der Waals surface area contributed by atoms with Crippen LogP contribution in [-0.2, 0) is 7.05 Å². The third kappa shape index (κ3) is 2.12. The van der Waals surface area contributed by atoms with E-state index in [1.807, 2.05) is 33.0 Å². The summed E-state index contributed by atoms with van der Waals surface area (Å²) in [7, 11) is 5.08. The Kier molecular flexibility index (Phi) is 3.38. The second kappa shape index (κ2) is 4.84. The molecule has 0 spiro atoms. The van der Waals surface area contributed by atoms with E-state index in [0.717, 1.165) is 22.4 Å². The molecule has 0 aliphatic carbocycles. The lowest BCUT2D eigenvalue weighted by atomic mass is 10.0. The smallest absolute Gasteiger partial charge is 0.161 e. The molecule has 0 saturated carbocycles. The number of aromatic nitrogens is 2. The van der Waals surface area contributed by atoms with Gasteiger partial charge in [0.05, 0.1) is 19.9 Å². The van der Waals surface area contributed by atoms with E-state index in [-0.39, 0.29) is 0 Å². The van der Waals surface area contributed by atoms with Gasteiger partial charge in [-0.15, -0.1) is 0 Å². The number of ether oxygens (including phenoxy) is 2. The number of nitrogen functional groups attached to an aromatic ring is 1. The number of rotatable bonds is 3. The normalized spacial score (nSPS) is 10.6. The number of anilines is 1. The number of nitrogens with zero attached hydrogens (tertiary/aromatic N) is 2. The van der Waals surface area contributed by atoms with Gasteiger partial charge in [0, 0.05) is 18.2 Å². The van der Waals surface area contributed by atoms with Gasteiger partial charge in [-0.1, -0.05) is 0 Å². The summed E-state index contributed by atoms with van der Waals surface area (Å²) in [5, 5.41) is 4.47. The highest BCUT2D eigenvalue weighted by molar-refractivity contribution is 5.73. The number of benzene rings is 1. The van der Waals surface area contributed by atoms with Crippen molar-refractivity contribution < 1.29 is 9.47 Å².